The van der Waals surface area contributed by atoms with Gasteiger partial charge >= 0.3 is 5.97 Å². The molecule has 0 radical (unpaired) electrons. The number of aromatic nitrogens is 3. The third kappa shape index (κ3) is 4.50. The Morgan fingerprint density at radius 3 is 2.40 bits per heavy atom. The lowest BCUT2D eigenvalue weighted by Gasteiger charge is -2.06. The molecule has 0 saturated heterocycles. The number of hydrogen-bond donors (Lipinski definition) is 1. The number of aromatic carboxylic acids is 1. The molecule has 8 heteroatoms. The zero-order chi connectivity index (χ0) is 20.9. The van der Waals surface area contributed by atoms with Gasteiger partial charge in [-0.25, -0.2) is 14.3 Å². The lowest BCUT2D eigenvalue weighted by Crippen LogP contribution is -1.99. The summed E-state index contributed by atoms with van der Waals surface area (Å²) in [5, 5.41) is 14.5. The van der Waals surface area contributed by atoms with Gasteiger partial charge in [-0.15, -0.1) is 0 Å². The quantitative estimate of drug-likeness (QED) is 0.395. The minimum Gasteiger partial charge on any atom is -0.494 e. The summed E-state index contributed by atoms with van der Waals surface area (Å²) < 4.78 is 12.5. The lowest BCUT2D eigenvalue weighted by molar-refractivity contribution is 0.0697. The Hall–Kier alpha value is -3.23. The summed E-state index contributed by atoms with van der Waals surface area (Å²) in [5.41, 5.74) is 2.87. The summed E-state index contributed by atoms with van der Waals surface area (Å²) in [6.07, 6.45) is 3.79. The molecule has 0 atom stereocenters. The van der Waals surface area contributed by atoms with Crippen LogP contribution in [-0.4, -0.2) is 46.0 Å². The minimum atomic E-state index is -0.943. The van der Waals surface area contributed by atoms with E-state index in [9.17, 15) is 4.79 Å². The van der Waals surface area contributed by atoms with Crippen LogP contribution in [0.3, 0.4) is 0 Å². The van der Waals surface area contributed by atoms with E-state index in [1.54, 1.807) is 35.9 Å². The summed E-state index contributed by atoms with van der Waals surface area (Å²) in [5.74, 6) is -0.106. The van der Waals surface area contributed by atoms with Gasteiger partial charge in [0.1, 0.15) is 10.8 Å². The van der Waals surface area contributed by atoms with Gasteiger partial charge in [-0.1, -0.05) is 23.5 Å². The number of rotatable bonds is 9. The number of imidazole rings is 1. The van der Waals surface area contributed by atoms with Gasteiger partial charge in [-0.3, -0.25) is 0 Å². The van der Waals surface area contributed by atoms with Crippen LogP contribution < -0.4 is 4.74 Å². The predicted molar refractivity (Wildman–Crippen MR) is 115 cm³/mol. The highest BCUT2D eigenvalue weighted by molar-refractivity contribution is 7.19. The van der Waals surface area contributed by atoms with Gasteiger partial charge < -0.3 is 14.6 Å². The van der Waals surface area contributed by atoms with Crippen LogP contribution >= 0.6 is 11.3 Å². The lowest BCUT2D eigenvalue weighted by atomic mass is 10.1. The Kier molecular flexibility index (Phi) is 6.06. The highest BCUT2D eigenvalue weighted by Crippen LogP contribution is 2.29. The van der Waals surface area contributed by atoms with Gasteiger partial charge in [0.25, 0.3) is 0 Å². The van der Waals surface area contributed by atoms with Gasteiger partial charge in [0, 0.05) is 24.8 Å². The monoisotopic (exact) mass is 423 g/mol. The average molecular weight is 423 g/mol. The van der Waals surface area contributed by atoms with Gasteiger partial charge in [-0.2, -0.15) is 5.10 Å². The predicted octanol–water partition coefficient (Wildman–Crippen LogP) is 4.63. The first kappa shape index (κ1) is 20.1. The highest BCUT2D eigenvalue weighted by Gasteiger charge is 2.12. The zero-order valence-electron chi connectivity index (χ0n) is 16.4. The Labute approximate surface area is 177 Å². The molecule has 0 aliphatic heterocycles. The van der Waals surface area contributed by atoms with Crippen LogP contribution in [0.2, 0.25) is 0 Å². The molecular formula is C22H21N3O4S. The molecule has 0 aliphatic rings. The number of benzene rings is 2. The Morgan fingerprint density at radius 2 is 1.73 bits per heavy atom. The highest BCUT2D eigenvalue weighted by atomic mass is 32.1. The van der Waals surface area contributed by atoms with E-state index in [0.717, 1.165) is 52.0 Å². The number of methoxy groups -OCH3 is 1. The molecule has 0 amide bonds. The van der Waals surface area contributed by atoms with Gasteiger partial charge in [-0.05, 0) is 49.2 Å². The Balaban J connectivity index is 1.44. The summed E-state index contributed by atoms with van der Waals surface area (Å²) >= 11 is 1.50. The second-order valence-electron chi connectivity index (χ2n) is 6.72. The molecule has 154 valence electrons. The van der Waals surface area contributed by atoms with Crippen molar-refractivity contribution in [2.45, 2.75) is 12.8 Å². The molecule has 2 aromatic heterocycles. The van der Waals surface area contributed by atoms with Gasteiger partial charge in [0.15, 0.2) is 0 Å². The third-order valence-electron chi connectivity index (χ3n) is 4.58. The number of carbonyl (C=O) groups is 1. The fourth-order valence-electron chi connectivity index (χ4n) is 2.97. The van der Waals surface area contributed by atoms with Crippen molar-refractivity contribution in [1.82, 2.24) is 14.6 Å². The Bertz CT molecular complexity index is 1100. The van der Waals surface area contributed by atoms with E-state index < -0.39 is 5.97 Å². The molecule has 2 aromatic carbocycles. The minimum absolute atomic E-state index is 0.252. The Morgan fingerprint density at radius 1 is 1.03 bits per heavy atom. The van der Waals surface area contributed by atoms with Crippen molar-refractivity contribution in [3.8, 4) is 27.6 Å². The molecule has 4 rings (SSSR count). The van der Waals surface area contributed by atoms with E-state index in [0.29, 0.717) is 6.61 Å². The number of carboxylic acids is 1. The SMILES string of the molecule is COCCCCOc1ccc(-c2nn3cc(-c4ccc(C(=O)O)cc4)nc3s2)cc1. The van der Waals surface area contributed by atoms with Crippen LogP contribution in [0, 0.1) is 0 Å². The molecule has 0 fully saturated rings. The maximum Gasteiger partial charge on any atom is 0.335 e. The fourth-order valence-corrected chi connectivity index (χ4v) is 3.86. The molecule has 30 heavy (non-hydrogen) atoms. The number of hydrogen-bond acceptors (Lipinski definition) is 6. The second-order valence-corrected chi connectivity index (χ2v) is 7.67. The first-order valence-corrected chi connectivity index (χ1v) is 10.4. The van der Waals surface area contributed by atoms with Crippen molar-refractivity contribution >= 4 is 22.3 Å². The molecule has 0 saturated carbocycles. The van der Waals surface area contributed by atoms with Crippen molar-refractivity contribution in [1.29, 1.82) is 0 Å². The van der Waals surface area contributed by atoms with Crippen molar-refractivity contribution in [3.63, 3.8) is 0 Å². The second kappa shape index (κ2) is 9.06. The fraction of sp³-hybridized carbons (Fsp3) is 0.227. The molecule has 0 unspecified atom stereocenters. The van der Waals surface area contributed by atoms with Crippen LogP contribution in [0.4, 0.5) is 0 Å². The van der Waals surface area contributed by atoms with Crippen LogP contribution in [0.15, 0.2) is 54.7 Å². The zero-order valence-corrected chi connectivity index (χ0v) is 17.3. The first-order chi connectivity index (χ1) is 14.6. The van der Waals surface area contributed by atoms with Crippen molar-refractivity contribution in [2.24, 2.45) is 0 Å². The van der Waals surface area contributed by atoms with Gasteiger partial charge in [0.2, 0.25) is 4.96 Å². The van der Waals surface area contributed by atoms with Crippen molar-refractivity contribution in [3.05, 3.63) is 60.3 Å². The maximum atomic E-state index is 11.0. The van der Waals surface area contributed by atoms with Crippen molar-refractivity contribution in [2.75, 3.05) is 20.3 Å². The molecule has 7 nitrogen and oxygen atoms in total. The largest absolute Gasteiger partial charge is 0.494 e. The average Bonchev–Trinajstić information content (AvgIpc) is 3.34. The van der Waals surface area contributed by atoms with E-state index >= 15 is 0 Å². The van der Waals surface area contributed by atoms with E-state index in [1.165, 1.54) is 11.3 Å². The number of carboxylic acid groups (broad SMARTS) is 1. The maximum absolute atomic E-state index is 11.0. The standard InChI is InChI=1S/C22H21N3O4S/c1-28-12-2-3-13-29-18-10-8-16(9-11-18)20-24-25-14-19(23-22(25)30-20)15-4-6-17(7-5-15)21(26)27/h4-11,14H,2-3,12-13H2,1H3,(H,26,27). The van der Waals surface area contributed by atoms with Crippen LogP contribution in [0.5, 0.6) is 5.75 Å². The van der Waals surface area contributed by atoms with Crippen LogP contribution in [0.25, 0.3) is 26.8 Å². The molecule has 2 heterocycles. The topological polar surface area (TPSA) is 86.0 Å². The summed E-state index contributed by atoms with van der Waals surface area (Å²) in [6.45, 7) is 1.42. The van der Waals surface area contributed by atoms with Gasteiger partial charge in [0.05, 0.1) is 24.1 Å². The van der Waals surface area contributed by atoms with E-state index in [2.05, 4.69) is 10.1 Å². The molecular weight excluding hydrogens is 402 g/mol. The van der Waals surface area contributed by atoms with E-state index in [1.807, 2.05) is 30.5 Å². The molecule has 1 N–H and O–H groups in total. The van der Waals surface area contributed by atoms with Crippen LogP contribution in [0.1, 0.15) is 23.2 Å². The molecule has 4 aromatic rings. The summed E-state index contributed by atoms with van der Waals surface area (Å²) in [4.78, 5) is 16.4. The first-order valence-electron chi connectivity index (χ1n) is 9.56. The van der Waals surface area contributed by atoms with Crippen molar-refractivity contribution < 1.29 is 19.4 Å². The number of unbranched alkanes of at least 4 members (excludes halogenated alkanes) is 1. The number of ether oxygens (including phenoxy) is 2. The normalized spacial score (nSPS) is 11.1. The smallest absolute Gasteiger partial charge is 0.335 e. The summed E-state index contributed by atoms with van der Waals surface area (Å²) in [7, 11) is 1.70. The molecule has 0 spiro atoms. The molecule has 0 aliphatic carbocycles. The van der Waals surface area contributed by atoms with E-state index in [4.69, 9.17) is 14.6 Å². The number of nitrogens with zero attached hydrogens (tertiary/aromatic N) is 3. The van der Waals surface area contributed by atoms with Crippen LogP contribution in [-0.2, 0) is 4.74 Å². The number of fused-ring (bicyclic) bond motifs is 1. The summed E-state index contributed by atoms with van der Waals surface area (Å²) in [6, 6.07) is 14.5. The van der Waals surface area contributed by atoms with E-state index in [-0.39, 0.29) is 5.56 Å². The third-order valence-corrected chi connectivity index (χ3v) is 5.56. The molecule has 0 bridgehead atoms.